The van der Waals surface area contributed by atoms with Gasteiger partial charge in [-0.15, -0.1) is 0 Å². The van der Waals surface area contributed by atoms with Crippen LogP contribution in [0.3, 0.4) is 0 Å². The Morgan fingerprint density at radius 3 is 2.00 bits per heavy atom. The van der Waals surface area contributed by atoms with Gasteiger partial charge in [0.1, 0.15) is 0 Å². The topological polar surface area (TPSA) is 82.1 Å². The maximum absolute atomic E-state index is 12.1. The summed E-state index contributed by atoms with van der Waals surface area (Å²) in [6.45, 7) is 2.61. The fourth-order valence-corrected chi connectivity index (χ4v) is 2.58. The van der Waals surface area contributed by atoms with Gasteiger partial charge in [-0.05, 0) is 54.0 Å². The van der Waals surface area contributed by atoms with Gasteiger partial charge in [0, 0.05) is 0 Å². The molecule has 0 aliphatic carbocycles. The normalized spacial score (nSPS) is 11.0. The zero-order valence-corrected chi connectivity index (χ0v) is 17.4. The molecule has 0 saturated heterocycles. The van der Waals surface area contributed by atoms with E-state index in [1.807, 2.05) is 13.0 Å². The van der Waals surface area contributed by atoms with Crippen LogP contribution in [-0.2, 0) is 9.59 Å². The minimum absolute atomic E-state index is 0.0166. The molecule has 6 nitrogen and oxygen atoms in total. The van der Waals surface area contributed by atoms with Crippen LogP contribution in [0.25, 0.3) is 12.2 Å². The van der Waals surface area contributed by atoms with Gasteiger partial charge in [-0.2, -0.15) is 0 Å². The lowest BCUT2D eigenvalue weighted by atomic mass is 10.1. The van der Waals surface area contributed by atoms with E-state index >= 15 is 0 Å². The quantitative estimate of drug-likeness (QED) is 0.435. The van der Waals surface area contributed by atoms with Gasteiger partial charge in [0.05, 0.1) is 27.2 Å². The Hall–Kier alpha value is -3.54. The van der Waals surface area contributed by atoms with Gasteiger partial charge in [0.15, 0.2) is 34.6 Å². The molecule has 0 fully saturated rings. The predicted octanol–water partition coefficient (Wildman–Crippen LogP) is 4.45. The molecule has 6 heteroatoms. The van der Waals surface area contributed by atoms with Crippen LogP contribution in [0.15, 0.2) is 48.6 Å². The number of phenols is 1. The number of rotatable bonds is 11. The average molecular weight is 410 g/mol. The molecule has 0 saturated carbocycles. The fraction of sp³-hybridized carbons (Fsp3) is 0.250. The van der Waals surface area contributed by atoms with E-state index in [1.165, 1.54) is 25.3 Å². The molecular formula is C24H26O6. The van der Waals surface area contributed by atoms with Crippen molar-refractivity contribution in [2.24, 2.45) is 0 Å². The molecular weight excluding hydrogens is 384 g/mol. The lowest BCUT2D eigenvalue weighted by Gasteiger charge is -2.10. The van der Waals surface area contributed by atoms with E-state index < -0.39 is 0 Å². The summed E-state index contributed by atoms with van der Waals surface area (Å²) in [5.41, 5.74) is 1.45. The third-order valence-corrected chi connectivity index (χ3v) is 4.12. The maximum Gasteiger partial charge on any atom is 0.163 e. The Balaban J connectivity index is 1.96. The first kappa shape index (κ1) is 22.7. The number of carbonyl (C=O) groups is 2. The monoisotopic (exact) mass is 410 g/mol. The Kier molecular flexibility index (Phi) is 8.69. The van der Waals surface area contributed by atoms with Gasteiger partial charge in [-0.3, -0.25) is 9.59 Å². The molecule has 0 atom stereocenters. The van der Waals surface area contributed by atoms with Crippen LogP contribution in [0, 0.1) is 0 Å². The van der Waals surface area contributed by atoms with E-state index in [2.05, 4.69) is 0 Å². The molecule has 0 unspecified atom stereocenters. The second kappa shape index (κ2) is 11.5. The summed E-state index contributed by atoms with van der Waals surface area (Å²) in [7, 11) is 3.00. The summed E-state index contributed by atoms with van der Waals surface area (Å²) in [4.78, 5) is 24.1. The van der Waals surface area contributed by atoms with Crippen molar-refractivity contribution in [1.82, 2.24) is 0 Å². The molecule has 0 aromatic heterocycles. The van der Waals surface area contributed by atoms with E-state index in [1.54, 1.807) is 43.5 Å². The number of aromatic hydroxyl groups is 1. The number of benzene rings is 2. The highest BCUT2D eigenvalue weighted by Crippen LogP contribution is 2.29. The largest absolute Gasteiger partial charge is 0.504 e. The molecule has 0 spiro atoms. The summed E-state index contributed by atoms with van der Waals surface area (Å²) in [5, 5.41) is 9.59. The number of carbonyl (C=O) groups excluding carboxylic acids is 2. The molecule has 1 N–H and O–H groups in total. The lowest BCUT2D eigenvalue weighted by molar-refractivity contribution is -0.121. The molecule has 0 bridgehead atoms. The van der Waals surface area contributed by atoms with Crippen molar-refractivity contribution >= 4 is 23.7 Å². The first-order valence-corrected chi connectivity index (χ1v) is 9.56. The van der Waals surface area contributed by atoms with E-state index in [9.17, 15) is 14.7 Å². The summed E-state index contributed by atoms with van der Waals surface area (Å²) < 4.78 is 16.0. The summed E-state index contributed by atoms with van der Waals surface area (Å²) in [6, 6.07) is 10.1. The van der Waals surface area contributed by atoms with Crippen LogP contribution in [0.5, 0.6) is 23.0 Å². The number of hydrogen-bond acceptors (Lipinski definition) is 6. The third kappa shape index (κ3) is 6.81. The molecule has 158 valence electrons. The van der Waals surface area contributed by atoms with E-state index in [0.29, 0.717) is 29.4 Å². The minimum atomic E-state index is -0.322. The number of phenolic OH excluding ortho intramolecular Hbond substituents is 1. The molecule has 0 amide bonds. The summed E-state index contributed by atoms with van der Waals surface area (Å²) >= 11 is 0. The number of ketones is 2. The van der Waals surface area contributed by atoms with E-state index in [4.69, 9.17) is 14.2 Å². The maximum atomic E-state index is 12.1. The standard InChI is InChI=1S/C24H26O6/c1-4-13-30-22-12-8-18(15-24(22)29-3)6-10-20(26)16-19(25)9-5-17-7-11-21(27)23(14-17)28-2/h5-12,14-15,27H,4,13,16H2,1-3H3/b9-5+,10-6+. The van der Waals surface area contributed by atoms with Gasteiger partial charge >= 0.3 is 0 Å². The average Bonchev–Trinajstić information content (AvgIpc) is 2.75. The van der Waals surface area contributed by atoms with Crippen molar-refractivity contribution in [2.75, 3.05) is 20.8 Å². The number of allylic oxidation sites excluding steroid dienone is 2. The first-order valence-electron chi connectivity index (χ1n) is 9.56. The van der Waals surface area contributed by atoms with Crippen LogP contribution < -0.4 is 14.2 Å². The Morgan fingerprint density at radius 2 is 1.43 bits per heavy atom. The highest BCUT2D eigenvalue weighted by atomic mass is 16.5. The van der Waals surface area contributed by atoms with Crippen LogP contribution in [0.4, 0.5) is 0 Å². The molecule has 0 aliphatic heterocycles. The zero-order chi connectivity index (χ0) is 21.9. The molecule has 2 rings (SSSR count). The highest BCUT2D eigenvalue weighted by Gasteiger charge is 2.07. The smallest absolute Gasteiger partial charge is 0.163 e. The van der Waals surface area contributed by atoms with Crippen molar-refractivity contribution in [1.29, 1.82) is 0 Å². The third-order valence-electron chi connectivity index (χ3n) is 4.12. The van der Waals surface area contributed by atoms with Gasteiger partial charge in [-0.25, -0.2) is 0 Å². The van der Waals surface area contributed by atoms with Crippen molar-refractivity contribution < 1.29 is 28.9 Å². The number of methoxy groups -OCH3 is 2. The highest BCUT2D eigenvalue weighted by molar-refractivity contribution is 6.10. The van der Waals surface area contributed by atoms with Crippen LogP contribution in [0.1, 0.15) is 30.9 Å². The lowest BCUT2D eigenvalue weighted by Crippen LogP contribution is -2.02. The van der Waals surface area contributed by atoms with Crippen molar-refractivity contribution in [3.8, 4) is 23.0 Å². The van der Waals surface area contributed by atoms with Gasteiger partial charge in [-0.1, -0.05) is 31.2 Å². The Morgan fingerprint density at radius 1 is 0.867 bits per heavy atom. The second-order valence-electron chi connectivity index (χ2n) is 6.47. The van der Waals surface area contributed by atoms with Gasteiger partial charge < -0.3 is 19.3 Å². The molecule has 0 radical (unpaired) electrons. The Bertz CT molecular complexity index is 943. The number of ether oxygens (including phenoxy) is 3. The Labute approximate surface area is 176 Å². The molecule has 0 heterocycles. The molecule has 2 aromatic carbocycles. The first-order chi connectivity index (χ1) is 14.5. The predicted molar refractivity (Wildman–Crippen MR) is 116 cm³/mol. The second-order valence-corrected chi connectivity index (χ2v) is 6.47. The fourth-order valence-electron chi connectivity index (χ4n) is 2.58. The molecule has 30 heavy (non-hydrogen) atoms. The van der Waals surface area contributed by atoms with Gasteiger partial charge in [0.25, 0.3) is 0 Å². The minimum Gasteiger partial charge on any atom is -0.504 e. The van der Waals surface area contributed by atoms with Crippen LogP contribution in [-0.4, -0.2) is 37.5 Å². The summed E-state index contributed by atoms with van der Waals surface area (Å²) in [5.74, 6) is 0.930. The van der Waals surface area contributed by atoms with Crippen molar-refractivity contribution in [2.45, 2.75) is 19.8 Å². The zero-order valence-electron chi connectivity index (χ0n) is 17.4. The van der Waals surface area contributed by atoms with Crippen LogP contribution >= 0.6 is 0 Å². The molecule has 0 aliphatic rings. The van der Waals surface area contributed by atoms with E-state index in [-0.39, 0.29) is 23.7 Å². The van der Waals surface area contributed by atoms with E-state index in [0.717, 1.165) is 12.0 Å². The van der Waals surface area contributed by atoms with Crippen molar-refractivity contribution in [3.05, 3.63) is 59.7 Å². The summed E-state index contributed by atoms with van der Waals surface area (Å²) in [6.07, 6.45) is 6.56. The number of hydrogen-bond donors (Lipinski definition) is 1. The van der Waals surface area contributed by atoms with Crippen molar-refractivity contribution in [3.63, 3.8) is 0 Å². The van der Waals surface area contributed by atoms with Crippen LogP contribution in [0.2, 0.25) is 0 Å². The van der Waals surface area contributed by atoms with Gasteiger partial charge in [0.2, 0.25) is 0 Å². The SMILES string of the molecule is CCCOc1ccc(/C=C/C(=O)CC(=O)/C=C/c2ccc(O)c(OC)c2)cc1OC. The molecule has 2 aromatic rings.